The molecule has 0 amide bonds. The Balaban J connectivity index is 1.39. The molecule has 1 aliphatic rings. The van der Waals surface area contributed by atoms with Gasteiger partial charge in [0.05, 0.1) is 29.3 Å². The van der Waals surface area contributed by atoms with Crippen molar-refractivity contribution in [2.75, 3.05) is 25.0 Å². The number of nitrogens with zero attached hydrogens (tertiary/aromatic N) is 1. The Bertz CT molecular complexity index is 1630. The molecular formula is C30H30N2O6S. The molecule has 0 radical (unpaired) electrons. The maximum atomic E-state index is 13.3. The average Bonchev–Trinajstić information content (AvgIpc) is 3.30. The van der Waals surface area contributed by atoms with Gasteiger partial charge in [0.2, 0.25) is 15.8 Å². The standard InChI is InChI=1S/C30H30N2O6S/c1-19-11-13-22(14-12-19)29(34)30-28(25-9-4-5-10-27(25)38-30)31-16-26(33)23-7-6-8-24(15-23)39(35,36)32-17-20(2)37-21(3)18-32/h4-15,20-21,31H,16-18H2,1-3H3. The molecule has 2 heterocycles. The first-order valence-corrected chi connectivity index (χ1v) is 14.2. The van der Waals surface area contributed by atoms with E-state index in [4.69, 9.17) is 9.15 Å². The van der Waals surface area contributed by atoms with E-state index < -0.39 is 10.0 Å². The van der Waals surface area contributed by atoms with Gasteiger partial charge in [-0.3, -0.25) is 9.59 Å². The van der Waals surface area contributed by atoms with Crippen LogP contribution in [0.1, 0.15) is 45.9 Å². The minimum Gasteiger partial charge on any atom is -0.450 e. The number of furan rings is 1. The number of benzene rings is 3. The van der Waals surface area contributed by atoms with Crippen LogP contribution >= 0.6 is 0 Å². The molecule has 4 aromatic rings. The summed E-state index contributed by atoms with van der Waals surface area (Å²) in [6, 6.07) is 20.4. The number of fused-ring (bicyclic) bond motifs is 1. The van der Waals surface area contributed by atoms with E-state index in [-0.39, 0.29) is 59.6 Å². The fourth-order valence-electron chi connectivity index (χ4n) is 4.79. The second-order valence-corrected chi connectivity index (χ2v) is 11.8. The molecule has 0 bridgehead atoms. The number of carbonyl (C=O) groups is 2. The number of hydrogen-bond donors (Lipinski definition) is 1. The van der Waals surface area contributed by atoms with Crippen LogP contribution in [0.15, 0.2) is 82.1 Å². The molecule has 39 heavy (non-hydrogen) atoms. The lowest BCUT2D eigenvalue weighted by molar-refractivity contribution is -0.0440. The van der Waals surface area contributed by atoms with Crippen LogP contribution in [-0.4, -0.2) is 56.1 Å². The van der Waals surface area contributed by atoms with E-state index in [2.05, 4.69) is 5.32 Å². The van der Waals surface area contributed by atoms with E-state index in [1.54, 1.807) is 30.3 Å². The number of sulfonamides is 1. The first-order chi connectivity index (χ1) is 18.6. The van der Waals surface area contributed by atoms with Crippen LogP contribution in [0.3, 0.4) is 0 Å². The fraction of sp³-hybridized carbons (Fsp3) is 0.267. The number of Topliss-reactive ketones (excluding diaryl/α,β-unsaturated/α-hetero) is 1. The first-order valence-electron chi connectivity index (χ1n) is 12.8. The quantitative estimate of drug-likeness (QED) is 0.308. The van der Waals surface area contributed by atoms with Gasteiger partial charge in [-0.15, -0.1) is 0 Å². The number of morpholine rings is 1. The second-order valence-electron chi connectivity index (χ2n) is 9.88. The molecule has 0 spiro atoms. The summed E-state index contributed by atoms with van der Waals surface area (Å²) in [4.78, 5) is 26.6. The molecule has 1 fully saturated rings. The summed E-state index contributed by atoms with van der Waals surface area (Å²) in [6.07, 6.45) is -0.446. The topological polar surface area (TPSA) is 106 Å². The zero-order valence-electron chi connectivity index (χ0n) is 22.0. The SMILES string of the molecule is Cc1ccc(C(=O)c2oc3ccccc3c2NCC(=O)c2cccc(S(=O)(=O)N3CC(C)OC(C)C3)c2)cc1. The molecule has 0 saturated carbocycles. The molecule has 2 unspecified atom stereocenters. The molecule has 0 aliphatic carbocycles. The van der Waals surface area contributed by atoms with Crippen LogP contribution in [-0.2, 0) is 14.8 Å². The van der Waals surface area contributed by atoms with Crippen molar-refractivity contribution in [2.24, 2.45) is 0 Å². The van der Waals surface area contributed by atoms with Gasteiger partial charge in [-0.05, 0) is 45.0 Å². The smallest absolute Gasteiger partial charge is 0.243 e. The summed E-state index contributed by atoms with van der Waals surface area (Å²) in [7, 11) is -3.80. The third-order valence-electron chi connectivity index (χ3n) is 6.72. The van der Waals surface area contributed by atoms with Crippen molar-refractivity contribution in [3.8, 4) is 0 Å². The molecule has 9 heteroatoms. The molecule has 5 rings (SSSR count). The van der Waals surface area contributed by atoms with E-state index in [1.807, 2.05) is 51.1 Å². The molecule has 2 atom stereocenters. The molecule has 202 valence electrons. The summed E-state index contributed by atoms with van der Waals surface area (Å²) < 4.78 is 39.6. The molecule has 8 nitrogen and oxygen atoms in total. The van der Waals surface area contributed by atoms with Crippen LogP contribution < -0.4 is 5.32 Å². The third kappa shape index (κ3) is 5.52. The second kappa shape index (κ2) is 10.8. The van der Waals surface area contributed by atoms with E-state index in [0.29, 0.717) is 22.2 Å². The minimum absolute atomic E-state index is 0.0543. The van der Waals surface area contributed by atoms with Crippen molar-refractivity contribution in [2.45, 2.75) is 37.9 Å². The number of rotatable bonds is 8. The lowest BCUT2D eigenvalue weighted by Gasteiger charge is -2.34. The minimum atomic E-state index is -3.80. The van der Waals surface area contributed by atoms with Gasteiger partial charge < -0.3 is 14.5 Å². The van der Waals surface area contributed by atoms with Crippen molar-refractivity contribution in [1.82, 2.24) is 4.31 Å². The van der Waals surface area contributed by atoms with E-state index in [0.717, 1.165) is 5.56 Å². The van der Waals surface area contributed by atoms with Crippen molar-refractivity contribution < 1.29 is 27.2 Å². The van der Waals surface area contributed by atoms with Crippen molar-refractivity contribution in [1.29, 1.82) is 0 Å². The summed E-state index contributed by atoms with van der Waals surface area (Å²) in [6.45, 7) is 5.95. The van der Waals surface area contributed by atoms with Gasteiger partial charge in [-0.1, -0.05) is 54.1 Å². The number of ketones is 2. The van der Waals surface area contributed by atoms with Gasteiger partial charge in [0.1, 0.15) is 5.58 Å². The van der Waals surface area contributed by atoms with Crippen LogP contribution in [0.2, 0.25) is 0 Å². The summed E-state index contributed by atoms with van der Waals surface area (Å²) in [5, 5.41) is 3.76. The Kier molecular flexibility index (Phi) is 7.40. The summed E-state index contributed by atoms with van der Waals surface area (Å²) in [5.74, 6) is -0.516. The summed E-state index contributed by atoms with van der Waals surface area (Å²) >= 11 is 0. The highest BCUT2D eigenvalue weighted by Crippen LogP contribution is 2.32. The van der Waals surface area contributed by atoms with E-state index in [1.165, 1.54) is 16.4 Å². The van der Waals surface area contributed by atoms with E-state index in [9.17, 15) is 18.0 Å². The Hall–Kier alpha value is -3.79. The molecular weight excluding hydrogens is 516 g/mol. The number of anilines is 1. The molecule has 1 aromatic heterocycles. The van der Waals surface area contributed by atoms with Gasteiger partial charge in [-0.2, -0.15) is 4.31 Å². The molecule has 1 saturated heterocycles. The monoisotopic (exact) mass is 546 g/mol. The number of nitrogens with one attached hydrogen (secondary N) is 1. The highest BCUT2D eigenvalue weighted by Gasteiger charge is 2.32. The maximum absolute atomic E-state index is 13.3. The number of aryl methyl sites for hydroxylation is 1. The lowest BCUT2D eigenvalue weighted by atomic mass is 10.1. The van der Waals surface area contributed by atoms with Gasteiger partial charge in [0, 0.05) is 29.6 Å². The number of hydrogen-bond acceptors (Lipinski definition) is 7. The van der Waals surface area contributed by atoms with Gasteiger partial charge >= 0.3 is 0 Å². The Morgan fingerprint density at radius 3 is 2.33 bits per heavy atom. The number of ether oxygens (including phenoxy) is 1. The highest BCUT2D eigenvalue weighted by molar-refractivity contribution is 7.89. The third-order valence-corrected chi connectivity index (χ3v) is 8.55. The van der Waals surface area contributed by atoms with Gasteiger partial charge in [0.15, 0.2) is 11.5 Å². The van der Waals surface area contributed by atoms with Crippen molar-refractivity contribution in [3.05, 3.63) is 95.2 Å². The Morgan fingerprint density at radius 2 is 1.62 bits per heavy atom. The molecule has 3 aromatic carbocycles. The zero-order chi connectivity index (χ0) is 27.7. The zero-order valence-corrected chi connectivity index (χ0v) is 22.8. The van der Waals surface area contributed by atoms with Crippen LogP contribution in [0, 0.1) is 6.92 Å². The largest absolute Gasteiger partial charge is 0.450 e. The predicted octanol–water partition coefficient (Wildman–Crippen LogP) is 5.06. The fourth-order valence-corrected chi connectivity index (χ4v) is 6.43. The Labute approximate surface area is 227 Å². The van der Waals surface area contributed by atoms with Crippen molar-refractivity contribution >= 4 is 38.2 Å². The van der Waals surface area contributed by atoms with Gasteiger partial charge in [0.25, 0.3) is 0 Å². The highest BCUT2D eigenvalue weighted by atomic mass is 32.2. The predicted molar refractivity (Wildman–Crippen MR) is 149 cm³/mol. The average molecular weight is 547 g/mol. The Morgan fingerprint density at radius 1 is 0.923 bits per heavy atom. The van der Waals surface area contributed by atoms with Crippen molar-refractivity contribution in [3.63, 3.8) is 0 Å². The van der Waals surface area contributed by atoms with Gasteiger partial charge in [-0.25, -0.2) is 8.42 Å². The van der Waals surface area contributed by atoms with Crippen LogP contribution in [0.4, 0.5) is 5.69 Å². The van der Waals surface area contributed by atoms with E-state index >= 15 is 0 Å². The lowest BCUT2D eigenvalue weighted by Crippen LogP contribution is -2.48. The number of para-hydroxylation sites is 1. The first kappa shape index (κ1) is 26.8. The van der Waals surface area contributed by atoms with Crippen LogP contribution in [0.25, 0.3) is 11.0 Å². The van der Waals surface area contributed by atoms with Crippen LogP contribution in [0.5, 0.6) is 0 Å². The normalized spacial score (nSPS) is 18.2. The molecule has 1 aliphatic heterocycles. The molecule has 1 N–H and O–H groups in total. The summed E-state index contributed by atoms with van der Waals surface area (Å²) in [5.41, 5.74) is 2.69. The maximum Gasteiger partial charge on any atom is 0.243 e. The number of carbonyl (C=O) groups excluding carboxylic acids is 2.